The minimum absolute atomic E-state index is 0.0868. The molecule has 0 unspecified atom stereocenters. The van der Waals surface area contributed by atoms with Gasteiger partial charge in [0.2, 0.25) is 0 Å². The molecule has 0 saturated heterocycles. The summed E-state index contributed by atoms with van der Waals surface area (Å²) in [5, 5.41) is 11.4. The molecule has 142 valence electrons. The zero-order chi connectivity index (χ0) is 19.8. The fourth-order valence-electron chi connectivity index (χ4n) is 2.97. The molecule has 3 heterocycles. The molecule has 0 spiro atoms. The number of amides is 1. The molecular weight excluding hydrogens is 427 g/mol. The Hall–Kier alpha value is -3.07. The first-order valence-electron chi connectivity index (χ1n) is 8.61. The highest BCUT2D eigenvalue weighted by atomic mass is 79.9. The third-order valence-electron chi connectivity index (χ3n) is 4.37. The number of anilines is 1. The van der Waals surface area contributed by atoms with Crippen LogP contribution in [0.4, 0.5) is 10.1 Å². The van der Waals surface area contributed by atoms with E-state index in [0.29, 0.717) is 10.1 Å². The number of hydrogen-bond acceptors (Lipinski definition) is 4. The van der Waals surface area contributed by atoms with Crippen molar-refractivity contribution in [3.63, 3.8) is 0 Å². The fourth-order valence-corrected chi connectivity index (χ4v) is 3.30. The van der Waals surface area contributed by atoms with Crippen LogP contribution in [0.3, 0.4) is 0 Å². The second-order valence-electron chi connectivity index (χ2n) is 6.19. The molecule has 0 bridgehead atoms. The molecule has 4 aromatic rings. The summed E-state index contributed by atoms with van der Waals surface area (Å²) in [6.45, 7) is 4.68. The van der Waals surface area contributed by atoms with Crippen LogP contribution in [-0.2, 0) is 6.54 Å². The van der Waals surface area contributed by atoms with E-state index >= 15 is 0 Å². The van der Waals surface area contributed by atoms with Gasteiger partial charge in [0.05, 0.1) is 23.3 Å². The van der Waals surface area contributed by atoms with Gasteiger partial charge < -0.3 is 5.32 Å². The van der Waals surface area contributed by atoms with Crippen molar-refractivity contribution in [1.82, 2.24) is 24.4 Å². The summed E-state index contributed by atoms with van der Waals surface area (Å²) in [6.07, 6.45) is 4.98. The molecule has 0 aliphatic heterocycles. The second kappa shape index (κ2) is 7.16. The van der Waals surface area contributed by atoms with Gasteiger partial charge in [0, 0.05) is 29.0 Å². The summed E-state index contributed by atoms with van der Waals surface area (Å²) >= 11 is 3.19. The zero-order valence-corrected chi connectivity index (χ0v) is 16.7. The SMILES string of the molecule is CCn1cc(-c2ccnc3c(C(=O)Nc4ccc(Br)cc4F)cnn23)c(C)n1. The average molecular weight is 443 g/mol. The molecule has 4 rings (SSSR count). The maximum atomic E-state index is 14.0. The molecule has 3 aromatic heterocycles. The number of hydrogen-bond donors (Lipinski definition) is 1. The van der Waals surface area contributed by atoms with Crippen LogP contribution < -0.4 is 5.32 Å². The van der Waals surface area contributed by atoms with Crippen molar-refractivity contribution in [2.45, 2.75) is 20.4 Å². The van der Waals surface area contributed by atoms with Crippen LogP contribution in [0.5, 0.6) is 0 Å². The van der Waals surface area contributed by atoms with E-state index in [9.17, 15) is 9.18 Å². The predicted molar refractivity (Wildman–Crippen MR) is 107 cm³/mol. The van der Waals surface area contributed by atoms with Crippen LogP contribution in [-0.4, -0.2) is 30.3 Å². The molecule has 1 aromatic carbocycles. The number of aromatic nitrogens is 5. The Morgan fingerprint density at radius 2 is 2.14 bits per heavy atom. The number of carbonyl (C=O) groups is 1. The van der Waals surface area contributed by atoms with Crippen LogP contribution in [0.15, 0.2) is 47.3 Å². The molecule has 1 N–H and O–H groups in total. The lowest BCUT2D eigenvalue weighted by molar-refractivity contribution is 0.102. The third kappa shape index (κ3) is 3.18. The van der Waals surface area contributed by atoms with Gasteiger partial charge in [0.15, 0.2) is 5.65 Å². The number of rotatable bonds is 4. The minimum Gasteiger partial charge on any atom is -0.319 e. The first-order chi connectivity index (χ1) is 13.5. The molecule has 0 fully saturated rings. The highest BCUT2D eigenvalue weighted by Gasteiger charge is 2.19. The van der Waals surface area contributed by atoms with Crippen molar-refractivity contribution in [2.75, 3.05) is 5.32 Å². The van der Waals surface area contributed by atoms with Crippen LogP contribution in [0.1, 0.15) is 23.0 Å². The molecule has 9 heteroatoms. The van der Waals surface area contributed by atoms with E-state index in [-0.39, 0.29) is 11.3 Å². The Kier molecular flexibility index (Phi) is 4.68. The Bertz CT molecular complexity index is 1200. The van der Waals surface area contributed by atoms with E-state index in [1.54, 1.807) is 16.8 Å². The summed E-state index contributed by atoms with van der Waals surface area (Å²) in [6, 6.07) is 6.25. The smallest absolute Gasteiger partial charge is 0.261 e. The van der Waals surface area contributed by atoms with E-state index in [4.69, 9.17) is 0 Å². The normalized spacial score (nSPS) is 11.1. The number of carbonyl (C=O) groups excluding carboxylic acids is 1. The molecule has 0 atom stereocenters. The Morgan fingerprint density at radius 3 is 2.86 bits per heavy atom. The summed E-state index contributed by atoms with van der Waals surface area (Å²) in [5.41, 5.74) is 3.26. The highest BCUT2D eigenvalue weighted by molar-refractivity contribution is 9.10. The van der Waals surface area contributed by atoms with Gasteiger partial charge in [-0.25, -0.2) is 13.9 Å². The number of nitrogens with zero attached hydrogens (tertiary/aromatic N) is 5. The highest BCUT2D eigenvalue weighted by Crippen LogP contribution is 2.25. The molecule has 1 amide bonds. The van der Waals surface area contributed by atoms with Crippen molar-refractivity contribution in [3.05, 3.63) is 64.4 Å². The Labute approximate surface area is 168 Å². The van der Waals surface area contributed by atoms with Crippen LogP contribution in [0.2, 0.25) is 0 Å². The van der Waals surface area contributed by atoms with Gasteiger partial charge in [-0.2, -0.15) is 10.2 Å². The topological polar surface area (TPSA) is 77.1 Å². The summed E-state index contributed by atoms with van der Waals surface area (Å²) in [4.78, 5) is 17.0. The molecule has 0 aliphatic carbocycles. The third-order valence-corrected chi connectivity index (χ3v) is 4.86. The molecule has 7 nitrogen and oxygen atoms in total. The molecule has 28 heavy (non-hydrogen) atoms. The van der Waals surface area contributed by atoms with Gasteiger partial charge in [-0.3, -0.25) is 9.48 Å². The molecule has 0 aliphatic rings. The lowest BCUT2D eigenvalue weighted by Gasteiger charge is -2.06. The Balaban J connectivity index is 1.73. The summed E-state index contributed by atoms with van der Waals surface area (Å²) < 4.78 is 18.1. The van der Waals surface area contributed by atoms with Crippen LogP contribution in [0, 0.1) is 12.7 Å². The molecule has 0 saturated carbocycles. The second-order valence-corrected chi connectivity index (χ2v) is 7.10. The van der Waals surface area contributed by atoms with E-state index in [2.05, 4.69) is 36.4 Å². The lowest BCUT2D eigenvalue weighted by Crippen LogP contribution is -2.13. The first-order valence-corrected chi connectivity index (χ1v) is 9.40. The van der Waals surface area contributed by atoms with E-state index in [1.165, 1.54) is 18.3 Å². The standard InChI is InChI=1S/C19H16BrFN6O/c1-3-26-10-14(11(2)25-26)17-6-7-22-18-13(9-23-27(17)18)19(28)24-16-5-4-12(20)8-15(16)21/h4-10H,3H2,1-2H3,(H,24,28). The molecule has 0 radical (unpaired) electrons. The number of fused-ring (bicyclic) bond motifs is 1. The van der Waals surface area contributed by atoms with Gasteiger partial charge in [0.1, 0.15) is 11.4 Å². The fraction of sp³-hybridized carbons (Fsp3) is 0.158. The maximum absolute atomic E-state index is 14.0. The minimum atomic E-state index is -0.532. The van der Waals surface area contributed by atoms with Crippen molar-refractivity contribution >= 4 is 33.2 Å². The van der Waals surface area contributed by atoms with Crippen molar-refractivity contribution in [3.8, 4) is 11.3 Å². The number of aryl methyl sites for hydroxylation is 2. The first kappa shape index (κ1) is 18.3. The quantitative estimate of drug-likeness (QED) is 0.516. The van der Waals surface area contributed by atoms with Crippen molar-refractivity contribution in [1.29, 1.82) is 0 Å². The van der Waals surface area contributed by atoms with Gasteiger partial charge in [-0.15, -0.1) is 0 Å². The zero-order valence-electron chi connectivity index (χ0n) is 15.1. The number of nitrogens with one attached hydrogen (secondary N) is 1. The Morgan fingerprint density at radius 1 is 1.32 bits per heavy atom. The lowest BCUT2D eigenvalue weighted by atomic mass is 10.2. The monoisotopic (exact) mass is 442 g/mol. The van der Waals surface area contributed by atoms with E-state index < -0.39 is 11.7 Å². The van der Waals surface area contributed by atoms with Gasteiger partial charge in [-0.1, -0.05) is 15.9 Å². The average Bonchev–Trinajstić information content (AvgIpc) is 3.27. The van der Waals surface area contributed by atoms with Crippen molar-refractivity contribution in [2.24, 2.45) is 0 Å². The van der Waals surface area contributed by atoms with E-state index in [0.717, 1.165) is 23.5 Å². The molecular formula is C19H16BrFN6O. The van der Waals surface area contributed by atoms with Crippen molar-refractivity contribution < 1.29 is 9.18 Å². The summed E-state index contributed by atoms with van der Waals surface area (Å²) in [7, 11) is 0. The number of halogens is 2. The van der Waals surface area contributed by atoms with Gasteiger partial charge in [-0.05, 0) is 38.1 Å². The van der Waals surface area contributed by atoms with Crippen LogP contribution >= 0.6 is 15.9 Å². The maximum Gasteiger partial charge on any atom is 0.261 e. The predicted octanol–water partition coefficient (Wildman–Crippen LogP) is 4.08. The number of benzene rings is 1. The van der Waals surface area contributed by atoms with Crippen LogP contribution in [0.25, 0.3) is 16.9 Å². The van der Waals surface area contributed by atoms with Gasteiger partial charge in [0.25, 0.3) is 5.91 Å². The summed E-state index contributed by atoms with van der Waals surface area (Å²) in [5.74, 6) is -1.02. The largest absolute Gasteiger partial charge is 0.319 e. The van der Waals surface area contributed by atoms with E-state index in [1.807, 2.05) is 30.8 Å². The van der Waals surface area contributed by atoms with Gasteiger partial charge >= 0.3 is 0 Å².